The van der Waals surface area contributed by atoms with Crippen molar-refractivity contribution < 1.29 is 48.0 Å². The molecule has 0 spiro atoms. The summed E-state index contributed by atoms with van der Waals surface area (Å²) in [5.74, 6) is -2.24. The van der Waals surface area contributed by atoms with Gasteiger partial charge in [-0.25, -0.2) is 0 Å². The molecular formula is C38H56O10. The molecule has 5 rings (SSSR count). The molecule has 5 aliphatic rings. The lowest BCUT2D eigenvalue weighted by atomic mass is 9.33. The van der Waals surface area contributed by atoms with Gasteiger partial charge >= 0.3 is 29.8 Å². The van der Waals surface area contributed by atoms with E-state index in [4.69, 9.17) is 18.9 Å². The Kier molecular flexibility index (Phi) is 9.43. The van der Waals surface area contributed by atoms with Gasteiger partial charge in [0.25, 0.3) is 0 Å². The van der Waals surface area contributed by atoms with E-state index < -0.39 is 22.2 Å². The van der Waals surface area contributed by atoms with Crippen molar-refractivity contribution in [2.75, 3.05) is 19.8 Å². The molecule has 0 bridgehead atoms. The van der Waals surface area contributed by atoms with E-state index in [0.717, 1.165) is 31.3 Å². The highest BCUT2D eigenvalue weighted by atomic mass is 16.6. The summed E-state index contributed by atoms with van der Waals surface area (Å²) in [4.78, 5) is 61.9. The van der Waals surface area contributed by atoms with E-state index in [1.54, 1.807) is 0 Å². The fraction of sp³-hybridized carbons (Fsp3) is 0.816. The molecule has 10 nitrogen and oxygen atoms in total. The maximum absolute atomic E-state index is 13.3. The Bertz CT molecular complexity index is 1390. The van der Waals surface area contributed by atoms with E-state index in [1.165, 1.54) is 27.7 Å². The first-order chi connectivity index (χ1) is 22.3. The molecule has 4 fully saturated rings. The van der Waals surface area contributed by atoms with Crippen LogP contribution in [0.25, 0.3) is 0 Å². The summed E-state index contributed by atoms with van der Waals surface area (Å²) >= 11 is 0. The van der Waals surface area contributed by atoms with Crippen LogP contribution in [0.4, 0.5) is 0 Å². The smallest absolute Gasteiger partial charge is 0.310 e. The zero-order chi connectivity index (χ0) is 35.5. The highest BCUT2D eigenvalue weighted by Crippen LogP contribution is 2.76. The summed E-state index contributed by atoms with van der Waals surface area (Å²) in [7, 11) is 0. The van der Waals surface area contributed by atoms with Crippen LogP contribution in [0.3, 0.4) is 0 Å². The van der Waals surface area contributed by atoms with Gasteiger partial charge in [-0.3, -0.25) is 24.0 Å². The molecule has 4 saturated carbocycles. The van der Waals surface area contributed by atoms with Gasteiger partial charge in [0.1, 0.15) is 19.3 Å². The summed E-state index contributed by atoms with van der Waals surface area (Å²) < 4.78 is 23.1. The first-order valence-electron chi connectivity index (χ1n) is 17.8. The van der Waals surface area contributed by atoms with Crippen molar-refractivity contribution >= 4 is 29.8 Å². The van der Waals surface area contributed by atoms with Gasteiger partial charge in [0.2, 0.25) is 0 Å². The van der Waals surface area contributed by atoms with Crippen LogP contribution < -0.4 is 0 Å². The van der Waals surface area contributed by atoms with Crippen LogP contribution in [0, 0.1) is 50.2 Å². The van der Waals surface area contributed by atoms with Crippen molar-refractivity contribution in [1.29, 1.82) is 0 Å². The van der Waals surface area contributed by atoms with Crippen molar-refractivity contribution in [3.8, 4) is 0 Å². The number of aliphatic carboxylic acids is 1. The molecule has 5 aliphatic carbocycles. The summed E-state index contributed by atoms with van der Waals surface area (Å²) in [5, 5.41) is 10.9. The fourth-order valence-corrected chi connectivity index (χ4v) is 11.9. The van der Waals surface area contributed by atoms with E-state index in [1.807, 2.05) is 0 Å². The molecule has 0 amide bonds. The van der Waals surface area contributed by atoms with Gasteiger partial charge < -0.3 is 24.1 Å². The second-order valence-corrected chi connectivity index (χ2v) is 17.1. The largest absolute Gasteiger partial charge is 0.481 e. The van der Waals surface area contributed by atoms with E-state index >= 15 is 0 Å². The van der Waals surface area contributed by atoms with E-state index in [0.29, 0.717) is 38.5 Å². The standard InChI is InChI=1S/C38H56O10/c1-23(39)45-20-33(5)15-16-37(32(43)44)17-18-38(22-47-25(3)41)27(28(37)19-33)9-10-30-34(6)13-12-31(48-26(4)42)35(7,21-46-24(2)40)29(34)11-14-36(30,38)8/h9,28-31H,10-22H2,1-8H3,(H,43,44)/t28-,29+,30+,31-,33+,34-,35-,36+,37-,38-/m0/s1. The number of carbonyl (C=O) groups excluding carboxylic acids is 4. The summed E-state index contributed by atoms with van der Waals surface area (Å²) in [6, 6.07) is 0. The fourth-order valence-electron chi connectivity index (χ4n) is 11.9. The van der Waals surface area contributed by atoms with Crippen LogP contribution in [0.15, 0.2) is 11.6 Å². The topological polar surface area (TPSA) is 143 Å². The Morgan fingerprint density at radius 2 is 1.33 bits per heavy atom. The number of carboxylic acid groups (broad SMARTS) is 1. The normalized spacial score (nSPS) is 43.1. The first-order valence-corrected chi connectivity index (χ1v) is 17.8. The molecule has 0 aromatic rings. The second kappa shape index (κ2) is 12.4. The van der Waals surface area contributed by atoms with Crippen molar-refractivity contribution in [1.82, 2.24) is 0 Å². The van der Waals surface area contributed by atoms with Crippen LogP contribution in [0.5, 0.6) is 0 Å². The average molecular weight is 673 g/mol. The second-order valence-electron chi connectivity index (χ2n) is 17.1. The molecule has 0 aromatic carbocycles. The van der Waals surface area contributed by atoms with E-state index in [9.17, 15) is 29.1 Å². The third-order valence-electron chi connectivity index (χ3n) is 14.4. The number of hydrogen-bond acceptors (Lipinski definition) is 9. The molecule has 0 saturated heterocycles. The van der Waals surface area contributed by atoms with Crippen LogP contribution in [-0.4, -0.2) is 60.9 Å². The molecule has 0 unspecified atom stereocenters. The number of esters is 4. The number of fused-ring (bicyclic) bond motifs is 7. The van der Waals surface area contributed by atoms with Gasteiger partial charge in [-0.15, -0.1) is 0 Å². The number of allylic oxidation sites excluding steroid dienone is 1. The number of ether oxygens (including phenoxy) is 4. The molecule has 10 atom stereocenters. The monoisotopic (exact) mass is 672 g/mol. The van der Waals surface area contributed by atoms with Crippen LogP contribution >= 0.6 is 0 Å². The van der Waals surface area contributed by atoms with Gasteiger partial charge in [0, 0.05) is 43.9 Å². The maximum atomic E-state index is 13.3. The van der Waals surface area contributed by atoms with Crippen LogP contribution in [-0.2, 0) is 42.9 Å². The average Bonchev–Trinajstić information content (AvgIpc) is 2.99. The summed E-state index contributed by atoms with van der Waals surface area (Å²) in [6.07, 6.45) is 8.53. The highest BCUT2D eigenvalue weighted by Gasteiger charge is 2.72. The van der Waals surface area contributed by atoms with Crippen LogP contribution in [0.1, 0.15) is 120 Å². The molecule has 48 heavy (non-hydrogen) atoms. The zero-order valence-electron chi connectivity index (χ0n) is 30.2. The molecular weight excluding hydrogens is 616 g/mol. The van der Waals surface area contributed by atoms with Crippen molar-refractivity contribution in [2.24, 2.45) is 50.2 Å². The van der Waals surface area contributed by atoms with Crippen LogP contribution in [0.2, 0.25) is 0 Å². The van der Waals surface area contributed by atoms with Crippen molar-refractivity contribution in [3.63, 3.8) is 0 Å². The lowest BCUT2D eigenvalue weighted by Crippen LogP contribution is -2.67. The van der Waals surface area contributed by atoms with Gasteiger partial charge in [-0.05, 0) is 92.8 Å². The van der Waals surface area contributed by atoms with Gasteiger partial charge in [0.15, 0.2) is 0 Å². The summed E-state index contributed by atoms with van der Waals surface area (Å²) in [6.45, 7) is 15.1. The Hall–Kier alpha value is -2.91. The maximum Gasteiger partial charge on any atom is 0.310 e. The van der Waals surface area contributed by atoms with Crippen molar-refractivity contribution in [3.05, 3.63) is 11.6 Å². The molecule has 0 heterocycles. The number of carbonyl (C=O) groups is 5. The molecule has 10 heteroatoms. The molecule has 268 valence electrons. The minimum absolute atomic E-state index is 0.0876. The Morgan fingerprint density at radius 3 is 1.94 bits per heavy atom. The summed E-state index contributed by atoms with van der Waals surface area (Å²) in [5.41, 5.74) is -1.93. The molecule has 0 radical (unpaired) electrons. The third kappa shape index (κ3) is 5.66. The predicted octanol–water partition coefficient (Wildman–Crippen LogP) is 6.43. The predicted molar refractivity (Wildman–Crippen MR) is 175 cm³/mol. The van der Waals surface area contributed by atoms with Gasteiger partial charge in [0.05, 0.1) is 12.0 Å². The number of carboxylic acids is 1. The number of rotatable bonds is 8. The van der Waals surface area contributed by atoms with Gasteiger partial charge in [-0.2, -0.15) is 0 Å². The minimum Gasteiger partial charge on any atom is -0.481 e. The molecule has 1 N–H and O–H groups in total. The van der Waals surface area contributed by atoms with E-state index in [-0.39, 0.29) is 83.8 Å². The van der Waals surface area contributed by atoms with E-state index in [2.05, 4.69) is 33.8 Å². The Labute approximate surface area is 285 Å². The van der Waals surface area contributed by atoms with Crippen molar-refractivity contribution in [2.45, 2.75) is 126 Å². The lowest BCUT2D eigenvalue weighted by molar-refractivity contribution is -0.233. The first kappa shape index (κ1) is 36.4. The lowest BCUT2D eigenvalue weighted by Gasteiger charge is -2.71. The molecule has 0 aliphatic heterocycles. The quantitative estimate of drug-likeness (QED) is 0.174. The Morgan fingerprint density at radius 1 is 0.729 bits per heavy atom. The molecule has 0 aromatic heterocycles. The van der Waals surface area contributed by atoms with Gasteiger partial charge in [-0.1, -0.05) is 39.3 Å². The Balaban J connectivity index is 1.61. The third-order valence-corrected chi connectivity index (χ3v) is 14.4. The SMILES string of the molecule is CC(=O)OC[C@]1(C)CC[C@]2(C(=O)O)CC[C@]3(COC(C)=O)C(=CC[C@@H]4[C@@]5(C)CC[C@H](OC(C)=O)[C@@](C)(COC(C)=O)[C@@H]5CC[C@]43C)[C@@H]2C1. The highest BCUT2D eigenvalue weighted by molar-refractivity contribution is 5.77. The zero-order valence-corrected chi connectivity index (χ0v) is 30.2. The minimum atomic E-state index is -0.934. The number of hydrogen-bond donors (Lipinski definition) is 1.